The zero-order valence-electron chi connectivity index (χ0n) is 15.4. The molecule has 2 aromatic rings. The number of nitrogens with two attached hydrogens (primary N) is 1. The monoisotopic (exact) mass is 374 g/mol. The van der Waals surface area contributed by atoms with Crippen molar-refractivity contribution in [2.24, 2.45) is 16.6 Å². The maximum atomic E-state index is 13.6. The van der Waals surface area contributed by atoms with Crippen molar-refractivity contribution in [2.75, 3.05) is 13.6 Å². The summed E-state index contributed by atoms with van der Waals surface area (Å²) in [5, 5.41) is 6.12. The minimum atomic E-state index is -0.481. The van der Waals surface area contributed by atoms with Gasteiger partial charge in [-0.3, -0.25) is 9.79 Å². The number of halogens is 2. The lowest BCUT2D eigenvalue weighted by Gasteiger charge is -2.17. The molecule has 2 aromatic carbocycles. The van der Waals surface area contributed by atoms with Gasteiger partial charge >= 0.3 is 0 Å². The molecule has 0 heterocycles. The quantitative estimate of drug-likeness (QED) is 0.514. The molecule has 0 saturated carbocycles. The average molecular weight is 374 g/mol. The van der Waals surface area contributed by atoms with Crippen LogP contribution in [0.1, 0.15) is 16.7 Å². The molecule has 5 nitrogen and oxygen atoms in total. The first kappa shape index (κ1) is 20.4. The van der Waals surface area contributed by atoms with E-state index in [0.29, 0.717) is 24.5 Å². The summed E-state index contributed by atoms with van der Waals surface area (Å²) in [6.45, 7) is 2.36. The molecule has 4 N–H and O–H groups in total. The van der Waals surface area contributed by atoms with Gasteiger partial charge in [-0.15, -0.1) is 0 Å². The van der Waals surface area contributed by atoms with Gasteiger partial charge in [0.05, 0.1) is 5.92 Å². The molecule has 0 radical (unpaired) electrons. The second-order valence-electron chi connectivity index (χ2n) is 6.32. The second-order valence-corrected chi connectivity index (χ2v) is 6.32. The van der Waals surface area contributed by atoms with Crippen LogP contribution in [0, 0.1) is 24.5 Å². The van der Waals surface area contributed by atoms with Crippen LogP contribution in [-0.4, -0.2) is 25.5 Å². The maximum absolute atomic E-state index is 13.6. The van der Waals surface area contributed by atoms with Crippen molar-refractivity contribution in [1.82, 2.24) is 10.6 Å². The number of aryl methyl sites for hydroxylation is 1. The van der Waals surface area contributed by atoms with E-state index in [1.165, 1.54) is 18.2 Å². The molecule has 1 atom stereocenters. The molecule has 7 heteroatoms. The highest BCUT2D eigenvalue weighted by atomic mass is 19.1. The number of aliphatic imine (C=N–C) groups is 1. The van der Waals surface area contributed by atoms with Crippen LogP contribution in [0.5, 0.6) is 0 Å². The van der Waals surface area contributed by atoms with E-state index in [2.05, 4.69) is 15.6 Å². The molecule has 0 fully saturated rings. The van der Waals surface area contributed by atoms with Crippen molar-refractivity contribution >= 4 is 11.9 Å². The van der Waals surface area contributed by atoms with Crippen molar-refractivity contribution in [3.8, 4) is 0 Å². The molecule has 0 bridgehead atoms. The van der Waals surface area contributed by atoms with Gasteiger partial charge in [-0.05, 0) is 48.2 Å². The van der Waals surface area contributed by atoms with E-state index in [1.54, 1.807) is 32.2 Å². The number of primary amides is 1. The number of hydrogen-bond donors (Lipinski definition) is 3. The van der Waals surface area contributed by atoms with E-state index in [4.69, 9.17) is 5.73 Å². The van der Waals surface area contributed by atoms with Crippen LogP contribution in [0.15, 0.2) is 47.5 Å². The average Bonchev–Trinajstić information content (AvgIpc) is 2.65. The van der Waals surface area contributed by atoms with Crippen molar-refractivity contribution < 1.29 is 13.6 Å². The highest BCUT2D eigenvalue weighted by molar-refractivity contribution is 5.81. The Morgan fingerprint density at radius 1 is 1.11 bits per heavy atom. The molecule has 1 amide bonds. The lowest BCUT2D eigenvalue weighted by Crippen LogP contribution is -2.42. The fourth-order valence-corrected chi connectivity index (χ4v) is 2.55. The summed E-state index contributed by atoms with van der Waals surface area (Å²) in [5.74, 6) is -1.05. The first-order valence-electron chi connectivity index (χ1n) is 8.62. The van der Waals surface area contributed by atoms with Crippen LogP contribution in [0.2, 0.25) is 0 Å². The molecule has 0 saturated heterocycles. The fourth-order valence-electron chi connectivity index (χ4n) is 2.55. The Labute approximate surface area is 157 Å². The van der Waals surface area contributed by atoms with Crippen LogP contribution in [0.25, 0.3) is 0 Å². The summed E-state index contributed by atoms with van der Waals surface area (Å²) in [4.78, 5) is 15.8. The Kier molecular flexibility index (Phi) is 7.28. The summed E-state index contributed by atoms with van der Waals surface area (Å²) in [7, 11) is 1.60. The molecule has 0 aliphatic carbocycles. The largest absolute Gasteiger partial charge is 0.369 e. The molecule has 144 valence electrons. The predicted molar refractivity (Wildman–Crippen MR) is 102 cm³/mol. The zero-order chi connectivity index (χ0) is 19.8. The predicted octanol–water partition coefficient (Wildman–Crippen LogP) is 2.28. The number of nitrogens with zero attached hydrogens (tertiary/aromatic N) is 1. The Balaban J connectivity index is 1.90. The second kappa shape index (κ2) is 9.66. The molecule has 0 aliphatic rings. The van der Waals surface area contributed by atoms with Gasteiger partial charge in [0, 0.05) is 20.1 Å². The Morgan fingerprint density at radius 2 is 1.78 bits per heavy atom. The third-order valence-electron chi connectivity index (χ3n) is 4.23. The first-order chi connectivity index (χ1) is 12.9. The Hall–Kier alpha value is -2.96. The minimum absolute atomic E-state index is 0.259. The van der Waals surface area contributed by atoms with Gasteiger partial charge in [0.1, 0.15) is 11.6 Å². The number of nitrogens with one attached hydrogen (secondary N) is 2. The van der Waals surface area contributed by atoms with E-state index >= 15 is 0 Å². The molecular weight excluding hydrogens is 350 g/mol. The smallest absolute Gasteiger partial charge is 0.222 e. The van der Waals surface area contributed by atoms with Gasteiger partial charge in [0.2, 0.25) is 5.91 Å². The summed E-state index contributed by atoms with van der Waals surface area (Å²) in [5.41, 5.74) is 7.67. The summed E-state index contributed by atoms with van der Waals surface area (Å²) in [6, 6.07) is 11.0. The molecule has 0 aromatic heterocycles. The first-order valence-corrected chi connectivity index (χ1v) is 8.62. The number of rotatable bonds is 7. The van der Waals surface area contributed by atoms with Crippen molar-refractivity contribution in [3.05, 3.63) is 70.8 Å². The number of guanidine groups is 1. The van der Waals surface area contributed by atoms with Gasteiger partial charge in [-0.25, -0.2) is 8.78 Å². The molecule has 0 aliphatic heterocycles. The summed E-state index contributed by atoms with van der Waals surface area (Å²) < 4.78 is 26.6. The topological polar surface area (TPSA) is 79.5 Å². The lowest BCUT2D eigenvalue weighted by molar-refractivity contribution is -0.121. The van der Waals surface area contributed by atoms with Crippen LogP contribution >= 0.6 is 0 Å². The van der Waals surface area contributed by atoms with Gasteiger partial charge in [0.15, 0.2) is 5.96 Å². The van der Waals surface area contributed by atoms with E-state index in [-0.39, 0.29) is 18.2 Å². The van der Waals surface area contributed by atoms with E-state index < -0.39 is 11.8 Å². The normalized spacial score (nSPS) is 12.5. The van der Waals surface area contributed by atoms with Gasteiger partial charge in [-0.2, -0.15) is 0 Å². The standard InChI is InChI=1S/C20H24F2N4O/c1-13-3-4-15(10-18(13)22)11-25-20(24-2)26-12-16(19(23)27)9-14-5-7-17(21)8-6-14/h3-8,10,16H,9,11-12H2,1-2H3,(H2,23,27)(H2,24,25,26). The van der Waals surface area contributed by atoms with Crippen molar-refractivity contribution in [2.45, 2.75) is 19.9 Å². The minimum Gasteiger partial charge on any atom is -0.369 e. The van der Waals surface area contributed by atoms with Gasteiger partial charge in [0.25, 0.3) is 0 Å². The third-order valence-corrected chi connectivity index (χ3v) is 4.23. The molecule has 2 rings (SSSR count). The lowest BCUT2D eigenvalue weighted by atomic mass is 9.98. The van der Waals surface area contributed by atoms with Gasteiger partial charge in [-0.1, -0.05) is 24.3 Å². The summed E-state index contributed by atoms with van der Waals surface area (Å²) in [6.07, 6.45) is 0.392. The van der Waals surface area contributed by atoms with Crippen LogP contribution < -0.4 is 16.4 Å². The molecule has 27 heavy (non-hydrogen) atoms. The highest BCUT2D eigenvalue weighted by Gasteiger charge is 2.16. The number of hydrogen-bond acceptors (Lipinski definition) is 2. The van der Waals surface area contributed by atoms with Gasteiger partial charge < -0.3 is 16.4 Å². The van der Waals surface area contributed by atoms with Crippen LogP contribution in [0.3, 0.4) is 0 Å². The number of benzene rings is 2. The Bertz CT molecular complexity index is 806. The van der Waals surface area contributed by atoms with Crippen molar-refractivity contribution in [1.29, 1.82) is 0 Å². The Morgan fingerprint density at radius 3 is 2.37 bits per heavy atom. The highest BCUT2D eigenvalue weighted by Crippen LogP contribution is 2.10. The SMILES string of the molecule is CN=C(NCc1ccc(C)c(F)c1)NCC(Cc1ccc(F)cc1)C(N)=O. The zero-order valence-corrected chi connectivity index (χ0v) is 15.4. The number of carbonyl (C=O) groups is 1. The van der Waals surface area contributed by atoms with E-state index in [1.807, 2.05) is 6.07 Å². The van der Waals surface area contributed by atoms with E-state index in [0.717, 1.165) is 11.1 Å². The third kappa shape index (κ3) is 6.36. The van der Waals surface area contributed by atoms with Crippen molar-refractivity contribution in [3.63, 3.8) is 0 Å². The van der Waals surface area contributed by atoms with Crippen LogP contribution in [-0.2, 0) is 17.8 Å². The molecule has 0 spiro atoms. The van der Waals surface area contributed by atoms with Crippen LogP contribution in [0.4, 0.5) is 8.78 Å². The molecule has 1 unspecified atom stereocenters. The fraction of sp³-hybridized carbons (Fsp3) is 0.300. The van der Waals surface area contributed by atoms with E-state index in [9.17, 15) is 13.6 Å². The molecular formula is C20H24F2N4O. The summed E-state index contributed by atoms with van der Waals surface area (Å²) >= 11 is 0. The number of carbonyl (C=O) groups excluding carboxylic acids is 1. The maximum Gasteiger partial charge on any atom is 0.222 e. The number of amides is 1.